The monoisotopic (exact) mass is 572 g/mol. The number of hydrogen-bond donors (Lipinski definition) is 1. The number of aliphatic imine (C=N–C) groups is 1. The molecule has 11 heteroatoms. The van der Waals surface area contributed by atoms with Crippen molar-refractivity contribution in [2.45, 2.75) is 33.0 Å². The number of nitrogens with one attached hydrogen (secondary N) is 1. The smallest absolute Gasteiger partial charge is 0.434 e. The maximum absolute atomic E-state index is 12.7. The predicted molar refractivity (Wildman–Crippen MR) is 128 cm³/mol. The third kappa shape index (κ3) is 7.70. The van der Waals surface area contributed by atoms with E-state index in [1.54, 1.807) is 14.2 Å². The zero-order valence-corrected chi connectivity index (χ0v) is 21.3. The summed E-state index contributed by atoms with van der Waals surface area (Å²) in [6.45, 7) is 5.54. The Kier molecular flexibility index (Phi) is 10.8. The van der Waals surface area contributed by atoms with Gasteiger partial charge in [0.15, 0.2) is 23.2 Å². The molecule has 6 nitrogen and oxygen atoms in total. The highest BCUT2D eigenvalue weighted by Gasteiger charge is 2.33. The zero-order chi connectivity index (χ0) is 22.3. The van der Waals surface area contributed by atoms with E-state index >= 15 is 0 Å². The average Bonchev–Trinajstić information content (AvgIpc) is 3.18. The minimum absolute atomic E-state index is 0. The summed E-state index contributed by atoms with van der Waals surface area (Å²) in [4.78, 5) is 10.2. The van der Waals surface area contributed by atoms with Crippen LogP contribution in [0.15, 0.2) is 22.5 Å². The van der Waals surface area contributed by atoms with E-state index < -0.39 is 11.9 Å². The second-order valence-electron chi connectivity index (χ2n) is 6.60. The predicted octanol–water partition coefficient (Wildman–Crippen LogP) is 4.75. The number of alkyl halides is 3. The summed E-state index contributed by atoms with van der Waals surface area (Å²) >= 11 is 1.00. The molecule has 0 aliphatic rings. The molecule has 0 fully saturated rings. The number of nitrogens with zero attached hydrogens (tertiary/aromatic N) is 3. The quantitative estimate of drug-likeness (QED) is 0.281. The van der Waals surface area contributed by atoms with E-state index in [9.17, 15) is 13.2 Å². The van der Waals surface area contributed by atoms with Gasteiger partial charge in [-0.05, 0) is 37.1 Å². The Hall–Kier alpha value is -1.76. The van der Waals surface area contributed by atoms with Crippen molar-refractivity contribution in [3.63, 3.8) is 0 Å². The van der Waals surface area contributed by atoms with Gasteiger partial charge >= 0.3 is 6.18 Å². The number of thiazole rings is 1. The van der Waals surface area contributed by atoms with Gasteiger partial charge in [0.1, 0.15) is 0 Å². The lowest BCUT2D eigenvalue weighted by Crippen LogP contribution is -2.38. The second-order valence-corrected chi connectivity index (χ2v) is 7.54. The summed E-state index contributed by atoms with van der Waals surface area (Å²) < 4.78 is 48.8. The van der Waals surface area contributed by atoms with Crippen LogP contribution in [0.5, 0.6) is 11.5 Å². The molecule has 0 aliphatic carbocycles. The molecule has 0 bridgehead atoms. The largest absolute Gasteiger partial charge is 0.493 e. The van der Waals surface area contributed by atoms with Crippen LogP contribution in [0.2, 0.25) is 0 Å². The van der Waals surface area contributed by atoms with Gasteiger partial charge in [0, 0.05) is 38.5 Å². The van der Waals surface area contributed by atoms with E-state index in [4.69, 9.17) is 9.47 Å². The highest BCUT2D eigenvalue weighted by atomic mass is 127. The standard InChI is InChI=1S/C20H27F3N4O2S.HI/c1-6-24-19(25-8-7-18-26-17(12-30-18)20(21,22)23)27(3)11-14-10-16(29-5)15(28-4)9-13(14)2;/h9-10,12H,6-8,11H2,1-5H3,(H,24,25);1H. The van der Waals surface area contributed by atoms with E-state index in [1.807, 2.05) is 37.9 Å². The number of ether oxygens (including phenoxy) is 2. The van der Waals surface area contributed by atoms with Gasteiger partial charge < -0.3 is 19.7 Å². The van der Waals surface area contributed by atoms with Crippen molar-refractivity contribution in [1.82, 2.24) is 15.2 Å². The molecule has 0 aliphatic heterocycles. The first-order chi connectivity index (χ1) is 14.2. The van der Waals surface area contributed by atoms with Crippen molar-refractivity contribution in [3.8, 4) is 11.5 Å². The van der Waals surface area contributed by atoms with Crippen LogP contribution in [0.25, 0.3) is 0 Å². The Morgan fingerprint density at radius 2 is 1.87 bits per heavy atom. The number of halogens is 4. The minimum Gasteiger partial charge on any atom is -0.493 e. The van der Waals surface area contributed by atoms with Crippen molar-refractivity contribution < 1.29 is 22.6 Å². The molecule has 0 saturated heterocycles. The maximum atomic E-state index is 12.7. The van der Waals surface area contributed by atoms with E-state index in [0.29, 0.717) is 48.5 Å². The lowest BCUT2D eigenvalue weighted by atomic mass is 10.1. The van der Waals surface area contributed by atoms with Crippen molar-refractivity contribution in [2.75, 3.05) is 34.4 Å². The van der Waals surface area contributed by atoms with Crippen molar-refractivity contribution in [2.24, 2.45) is 4.99 Å². The molecular formula is C20H28F3IN4O2S. The molecule has 1 heterocycles. The van der Waals surface area contributed by atoms with Crippen molar-refractivity contribution >= 4 is 41.3 Å². The number of guanidine groups is 1. The fourth-order valence-corrected chi connectivity index (χ4v) is 3.60. The summed E-state index contributed by atoms with van der Waals surface area (Å²) in [6.07, 6.45) is -4.07. The molecule has 31 heavy (non-hydrogen) atoms. The third-order valence-corrected chi connectivity index (χ3v) is 5.28. The van der Waals surface area contributed by atoms with Crippen LogP contribution < -0.4 is 14.8 Å². The number of rotatable bonds is 8. The van der Waals surface area contributed by atoms with Crippen molar-refractivity contribution in [3.05, 3.63) is 39.3 Å². The summed E-state index contributed by atoms with van der Waals surface area (Å²) in [7, 11) is 5.09. The molecule has 2 rings (SSSR count). The molecule has 2 aromatic rings. The van der Waals surface area contributed by atoms with E-state index in [1.165, 1.54) is 0 Å². The molecule has 0 unspecified atom stereocenters. The zero-order valence-electron chi connectivity index (χ0n) is 18.2. The van der Waals surface area contributed by atoms with E-state index in [-0.39, 0.29) is 24.0 Å². The molecule has 1 aromatic carbocycles. The Labute approximate surface area is 201 Å². The number of benzene rings is 1. The van der Waals surface area contributed by atoms with Gasteiger partial charge in [-0.25, -0.2) is 4.98 Å². The van der Waals surface area contributed by atoms with E-state index in [2.05, 4.69) is 15.3 Å². The number of aryl methyl sites for hydroxylation is 1. The van der Waals surface area contributed by atoms with Gasteiger partial charge in [-0.2, -0.15) is 13.2 Å². The lowest BCUT2D eigenvalue weighted by molar-refractivity contribution is -0.140. The van der Waals surface area contributed by atoms with E-state index in [0.717, 1.165) is 27.8 Å². The van der Waals surface area contributed by atoms with Crippen LogP contribution in [0.3, 0.4) is 0 Å². The highest BCUT2D eigenvalue weighted by molar-refractivity contribution is 14.0. The Morgan fingerprint density at radius 1 is 1.23 bits per heavy atom. The summed E-state index contributed by atoms with van der Waals surface area (Å²) in [5, 5.41) is 4.67. The first-order valence-electron chi connectivity index (χ1n) is 9.42. The number of methoxy groups -OCH3 is 2. The normalized spacial score (nSPS) is 11.7. The van der Waals surface area contributed by atoms with Gasteiger partial charge in [0.05, 0.1) is 19.2 Å². The van der Waals surface area contributed by atoms with Gasteiger partial charge in [0.2, 0.25) is 0 Å². The first-order valence-corrected chi connectivity index (χ1v) is 10.3. The lowest BCUT2D eigenvalue weighted by Gasteiger charge is -2.23. The molecule has 0 atom stereocenters. The van der Waals surface area contributed by atoms with Gasteiger partial charge in [-0.15, -0.1) is 35.3 Å². The Bertz CT molecular complexity index is 875. The molecule has 1 aromatic heterocycles. The Balaban J connectivity index is 0.00000480. The van der Waals surface area contributed by atoms with Crippen LogP contribution in [-0.4, -0.2) is 50.2 Å². The van der Waals surface area contributed by atoms with Crippen LogP contribution in [0, 0.1) is 6.92 Å². The molecule has 0 radical (unpaired) electrons. The molecule has 1 N–H and O–H groups in total. The molecule has 0 amide bonds. The first kappa shape index (κ1) is 27.3. The third-order valence-electron chi connectivity index (χ3n) is 4.38. The topological polar surface area (TPSA) is 59.0 Å². The maximum Gasteiger partial charge on any atom is 0.434 e. The summed E-state index contributed by atoms with van der Waals surface area (Å²) in [5.74, 6) is 1.99. The average molecular weight is 572 g/mol. The fraction of sp³-hybridized carbons (Fsp3) is 0.500. The van der Waals surface area contributed by atoms with Gasteiger partial charge in [-0.3, -0.25) is 4.99 Å². The molecule has 0 spiro atoms. The second kappa shape index (κ2) is 12.3. The van der Waals surface area contributed by atoms with Crippen LogP contribution in [0.1, 0.15) is 28.8 Å². The molecule has 0 saturated carbocycles. The summed E-state index contributed by atoms with van der Waals surface area (Å²) in [6, 6.07) is 3.86. The van der Waals surface area contributed by atoms with Gasteiger partial charge in [0.25, 0.3) is 0 Å². The number of hydrogen-bond acceptors (Lipinski definition) is 5. The summed E-state index contributed by atoms with van der Waals surface area (Å²) in [5.41, 5.74) is 1.26. The van der Waals surface area contributed by atoms with Crippen LogP contribution >= 0.6 is 35.3 Å². The van der Waals surface area contributed by atoms with Crippen LogP contribution in [0.4, 0.5) is 13.2 Å². The highest BCUT2D eigenvalue weighted by Crippen LogP contribution is 2.31. The van der Waals surface area contributed by atoms with Crippen molar-refractivity contribution in [1.29, 1.82) is 0 Å². The van der Waals surface area contributed by atoms with Crippen LogP contribution in [-0.2, 0) is 19.1 Å². The molecular weight excluding hydrogens is 544 g/mol. The fourth-order valence-electron chi connectivity index (χ4n) is 2.81. The molecule has 174 valence electrons. The SMILES string of the molecule is CCNC(=NCCc1nc(C(F)(F)F)cs1)N(C)Cc1cc(OC)c(OC)cc1C.I. The Morgan fingerprint density at radius 3 is 2.42 bits per heavy atom. The number of aromatic nitrogens is 1. The van der Waals surface area contributed by atoms with Gasteiger partial charge in [-0.1, -0.05) is 0 Å². The minimum atomic E-state index is -4.41.